The molecule has 0 bridgehead atoms. The average Bonchev–Trinajstić information content (AvgIpc) is 2.22. The zero-order valence-corrected chi connectivity index (χ0v) is 10.3. The van der Waals surface area contributed by atoms with Crippen molar-refractivity contribution in [3.63, 3.8) is 0 Å². The Labute approximate surface area is 102 Å². The topological polar surface area (TPSA) is 95.1 Å². The van der Waals surface area contributed by atoms with Gasteiger partial charge in [-0.1, -0.05) is 11.6 Å². The van der Waals surface area contributed by atoms with E-state index in [2.05, 4.69) is 4.98 Å². The van der Waals surface area contributed by atoms with Gasteiger partial charge in [-0.15, -0.1) is 0 Å². The second-order valence-electron chi connectivity index (χ2n) is 3.48. The van der Waals surface area contributed by atoms with E-state index in [1.807, 2.05) is 0 Å². The van der Waals surface area contributed by atoms with Crippen molar-refractivity contribution >= 4 is 32.5 Å². The molecule has 0 spiro atoms. The van der Waals surface area contributed by atoms with E-state index in [4.69, 9.17) is 16.7 Å². The van der Waals surface area contributed by atoms with Gasteiger partial charge in [0.1, 0.15) is 4.90 Å². The van der Waals surface area contributed by atoms with Crippen molar-refractivity contribution in [3.8, 4) is 0 Å². The summed E-state index contributed by atoms with van der Waals surface area (Å²) in [7, 11) is -2.62. The molecule has 6 nitrogen and oxygen atoms in total. The highest BCUT2D eigenvalue weighted by molar-refractivity contribution is 7.89. The molecule has 1 aromatic carbocycles. The van der Waals surface area contributed by atoms with E-state index in [-0.39, 0.29) is 20.8 Å². The van der Waals surface area contributed by atoms with Crippen molar-refractivity contribution < 1.29 is 8.42 Å². The SMILES string of the molecule is Cn1cnc2ccc(Cl)c(S(N)(=O)=O)c2c1=O. The van der Waals surface area contributed by atoms with Gasteiger partial charge in [-0.05, 0) is 12.1 Å². The smallest absolute Gasteiger partial charge is 0.262 e. The Hall–Kier alpha value is -1.44. The molecule has 2 aromatic rings. The molecule has 17 heavy (non-hydrogen) atoms. The van der Waals surface area contributed by atoms with Crippen LogP contribution in [0, 0.1) is 0 Å². The summed E-state index contributed by atoms with van der Waals surface area (Å²) in [6.07, 6.45) is 1.30. The number of aryl methyl sites for hydroxylation is 1. The number of primary sulfonamides is 1. The summed E-state index contributed by atoms with van der Waals surface area (Å²) in [4.78, 5) is 15.4. The number of hydrogen-bond donors (Lipinski definition) is 1. The minimum absolute atomic E-state index is 0.0925. The van der Waals surface area contributed by atoms with E-state index in [0.29, 0.717) is 0 Å². The number of halogens is 1. The third kappa shape index (κ3) is 1.92. The minimum Gasteiger partial charge on any atom is -0.302 e. The van der Waals surface area contributed by atoms with Crippen molar-refractivity contribution in [1.29, 1.82) is 0 Å². The van der Waals surface area contributed by atoms with E-state index < -0.39 is 15.6 Å². The van der Waals surface area contributed by atoms with Crippen LogP contribution in [0.15, 0.2) is 28.2 Å². The Balaban J connectivity index is 3.16. The molecule has 0 radical (unpaired) electrons. The third-order valence-electron chi connectivity index (χ3n) is 2.28. The summed E-state index contributed by atoms with van der Waals surface area (Å²) in [6.45, 7) is 0. The summed E-state index contributed by atoms with van der Waals surface area (Å²) >= 11 is 5.78. The van der Waals surface area contributed by atoms with Crippen molar-refractivity contribution in [1.82, 2.24) is 9.55 Å². The van der Waals surface area contributed by atoms with E-state index in [1.54, 1.807) is 0 Å². The van der Waals surface area contributed by atoms with Gasteiger partial charge in [-0.2, -0.15) is 0 Å². The fourth-order valence-corrected chi connectivity index (χ4v) is 2.81. The lowest BCUT2D eigenvalue weighted by Crippen LogP contribution is -2.22. The second-order valence-corrected chi connectivity index (χ2v) is 5.38. The largest absolute Gasteiger partial charge is 0.302 e. The Morgan fingerprint density at radius 1 is 1.41 bits per heavy atom. The van der Waals surface area contributed by atoms with Gasteiger partial charge in [-0.3, -0.25) is 4.79 Å². The normalized spacial score (nSPS) is 11.9. The first kappa shape index (κ1) is 12.0. The van der Waals surface area contributed by atoms with E-state index in [0.717, 1.165) is 4.57 Å². The summed E-state index contributed by atoms with van der Waals surface area (Å²) in [5.74, 6) is 0. The maximum absolute atomic E-state index is 11.9. The van der Waals surface area contributed by atoms with Crippen LogP contribution in [0.4, 0.5) is 0 Å². The van der Waals surface area contributed by atoms with Crippen molar-refractivity contribution in [3.05, 3.63) is 33.8 Å². The lowest BCUT2D eigenvalue weighted by Gasteiger charge is -2.06. The minimum atomic E-state index is -4.08. The second kappa shape index (κ2) is 3.80. The number of sulfonamides is 1. The van der Waals surface area contributed by atoms with Crippen LogP contribution >= 0.6 is 11.6 Å². The zero-order valence-electron chi connectivity index (χ0n) is 8.71. The molecule has 0 aliphatic rings. The van der Waals surface area contributed by atoms with Crippen LogP contribution in [0.3, 0.4) is 0 Å². The van der Waals surface area contributed by atoms with E-state index in [9.17, 15) is 13.2 Å². The number of benzene rings is 1. The van der Waals surface area contributed by atoms with Crippen LogP contribution in [0.5, 0.6) is 0 Å². The number of hydrogen-bond acceptors (Lipinski definition) is 4. The van der Waals surface area contributed by atoms with Gasteiger partial charge in [0.15, 0.2) is 0 Å². The molecule has 0 unspecified atom stereocenters. The van der Waals surface area contributed by atoms with Crippen LogP contribution in [0.2, 0.25) is 5.02 Å². The van der Waals surface area contributed by atoms with Gasteiger partial charge in [0.05, 0.1) is 22.3 Å². The molecular formula is C9H8ClN3O3S. The van der Waals surface area contributed by atoms with Crippen LogP contribution in [-0.2, 0) is 17.1 Å². The van der Waals surface area contributed by atoms with Gasteiger partial charge >= 0.3 is 0 Å². The lowest BCUT2D eigenvalue weighted by molar-refractivity contribution is 0.598. The Morgan fingerprint density at radius 2 is 2.06 bits per heavy atom. The Morgan fingerprint density at radius 3 is 2.65 bits per heavy atom. The number of nitrogens with two attached hydrogens (primary N) is 1. The van der Waals surface area contributed by atoms with Gasteiger partial charge in [-0.25, -0.2) is 18.5 Å². The van der Waals surface area contributed by atoms with Crippen LogP contribution in [0.1, 0.15) is 0 Å². The molecule has 1 aromatic heterocycles. The molecule has 0 aliphatic heterocycles. The Bertz CT molecular complexity index is 762. The van der Waals surface area contributed by atoms with Crippen molar-refractivity contribution in [2.45, 2.75) is 4.90 Å². The van der Waals surface area contributed by atoms with Gasteiger partial charge in [0, 0.05) is 7.05 Å². The molecular weight excluding hydrogens is 266 g/mol. The highest BCUT2D eigenvalue weighted by atomic mass is 35.5. The van der Waals surface area contributed by atoms with Crippen LogP contribution in [0.25, 0.3) is 10.9 Å². The molecule has 90 valence electrons. The van der Waals surface area contributed by atoms with Crippen molar-refractivity contribution in [2.24, 2.45) is 12.2 Å². The van der Waals surface area contributed by atoms with Gasteiger partial charge < -0.3 is 4.57 Å². The molecule has 8 heteroatoms. The maximum atomic E-state index is 11.9. The maximum Gasteiger partial charge on any atom is 0.262 e. The number of nitrogens with zero attached hydrogens (tertiary/aromatic N) is 2. The third-order valence-corrected chi connectivity index (χ3v) is 3.70. The van der Waals surface area contributed by atoms with Gasteiger partial charge in [0.2, 0.25) is 10.0 Å². The van der Waals surface area contributed by atoms with Crippen LogP contribution in [-0.4, -0.2) is 18.0 Å². The monoisotopic (exact) mass is 273 g/mol. The Kier molecular flexibility index (Phi) is 2.69. The molecule has 0 amide bonds. The molecule has 0 atom stereocenters. The zero-order chi connectivity index (χ0) is 12.8. The number of fused-ring (bicyclic) bond motifs is 1. The highest BCUT2D eigenvalue weighted by Crippen LogP contribution is 2.25. The fraction of sp³-hybridized carbons (Fsp3) is 0.111. The highest BCUT2D eigenvalue weighted by Gasteiger charge is 2.20. The molecule has 0 fully saturated rings. The molecule has 2 rings (SSSR count). The van der Waals surface area contributed by atoms with E-state index in [1.165, 1.54) is 25.5 Å². The first-order valence-electron chi connectivity index (χ1n) is 4.49. The summed E-state index contributed by atoms with van der Waals surface area (Å²) in [6, 6.07) is 2.81. The first-order chi connectivity index (χ1) is 7.82. The van der Waals surface area contributed by atoms with Crippen molar-refractivity contribution in [2.75, 3.05) is 0 Å². The first-order valence-corrected chi connectivity index (χ1v) is 6.41. The van der Waals surface area contributed by atoms with Crippen LogP contribution < -0.4 is 10.7 Å². The number of aromatic nitrogens is 2. The predicted octanol–water partition coefficient (Wildman–Crippen LogP) is 0.234. The standard InChI is InChI=1S/C9H8ClN3O3S/c1-13-4-12-6-3-2-5(10)8(17(11,15)16)7(6)9(13)14/h2-4H,1H3,(H2,11,15,16). The van der Waals surface area contributed by atoms with Gasteiger partial charge in [0.25, 0.3) is 5.56 Å². The molecule has 0 aliphatic carbocycles. The average molecular weight is 274 g/mol. The molecule has 0 saturated carbocycles. The number of rotatable bonds is 1. The summed E-state index contributed by atoms with van der Waals surface area (Å²) in [5, 5.41) is 4.87. The molecule has 0 saturated heterocycles. The molecule has 2 N–H and O–H groups in total. The molecule has 1 heterocycles. The van der Waals surface area contributed by atoms with E-state index >= 15 is 0 Å². The summed E-state index contributed by atoms with van der Waals surface area (Å²) < 4.78 is 24.1. The lowest BCUT2D eigenvalue weighted by atomic mass is 10.2. The fourth-order valence-electron chi connectivity index (χ4n) is 1.52. The summed E-state index contributed by atoms with van der Waals surface area (Å²) in [5.41, 5.74) is -0.275. The predicted molar refractivity (Wildman–Crippen MR) is 63.4 cm³/mol. The quantitative estimate of drug-likeness (QED) is 0.805.